The maximum absolute atomic E-state index is 5.65. The number of rotatable bonds is 6. The molecule has 0 radical (unpaired) electrons. The van der Waals surface area contributed by atoms with E-state index in [4.69, 9.17) is 10.5 Å². The zero-order valence-electron chi connectivity index (χ0n) is 9.57. The van der Waals surface area contributed by atoms with E-state index in [1.807, 2.05) is 24.3 Å². The molecule has 0 unspecified atom stereocenters. The molecule has 0 aliphatic heterocycles. The third-order valence-electron chi connectivity index (χ3n) is 2.21. The van der Waals surface area contributed by atoms with Gasteiger partial charge in [0.25, 0.3) is 0 Å². The van der Waals surface area contributed by atoms with Crippen LogP contribution in [0.5, 0.6) is 5.75 Å². The van der Waals surface area contributed by atoms with Crippen molar-refractivity contribution in [3.63, 3.8) is 0 Å². The lowest BCUT2D eigenvalue weighted by Gasteiger charge is -2.15. The van der Waals surface area contributed by atoms with Crippen LogP contribution in [0.1, 0.15) is 13.3 Å². The van der Waals surface area contributed by atoms with Gasteiger partial charge in [0.15, 0.2) is 0 Å². The van der Waals surface area contributed by atoms with Gasteiger partial charge in [-0.15, -0.1) is 0 Å². The van der Waals surface area contributed by atoms with Crippen molar-refractivity contribution in [3.05, 3.63) is 24.3 Å². The van der Waals surface area contributed by atoms with Gasteiger partial charge in [-0.1, -0.05) is 13.0 Å². The first-order valence-electron chi connectivity index (χ1n) is 5.39. The first kappa shape index (κ1) is 11.9. The van der Waals surface area contributed by atoms with E-state index in [1.165, 1.54) is 6.42 Å². The molecular weight excluding hydrogens is 188 g/mol. The number of hydrogen-bond acceptors (Lipinski definition) is 3. The Morgan fingerprint density at radius 3 is 2.80 bits per heavy atom. The largest absolute Gasteiger partial charge is 0.492 e. The fraction of sp³-hybridized carbons (Fsp3) is 0.500. The lowest BCUT2D eigenvalue weighted by molar-refractivity contribution is 0.238. The van der Waals surface area contributed by atoms with Crippen LogP contribution in [0.2, 0.25) is 0 Å². The number of nitrogen functional groups attached to an aromatic ring is 1. The Morgan fingerprint density at radius 1 is 1.33 bits per heavy atom. The van der Waals surface area contributed by atoms with Crippen LogP contribution in [0.25, 0.3) is 0 Å². The Balaban J connectivity index is 2.25. The van der Waals surface area contributed by atoms with Crippen LogP contribution >= 0.6 is 0 Å². The molecule has 1 aromatic carbocycles. The summed E-state index contributed by atoms with van der Waals surface area (Å²) in [5.41, 5.74) is 6.39. The molecule has 0 fully saturated rings. The molecule has 0 saturated carbocycles. The fourth-order valence-electron chi connectivity index (χ4n) is 1.42. The molecule has 0 heterocycles. The number of anilines is 1. The lowest BCUT2D eigenvalue weighted by atomic mass is 10.3. The summed E-state index contributed by atoms with van der Waals surface area (Å²) in [6.45, 7) is 4.94. The van der Waals surface area contributed by atoms with Crippen molar-refractivity contribution in [2.24, 2.45) is 0 Å². The average molecular weight is 208 g/mol. The van der Waals surface area contributed by atoms with Gasteiger partial charge in [-0.2, -0.15) is 0 Å². The summed E-state index contributed by atoms with van der Waals surface area (Å²) in [6.07, 6.45) is 1.18. The summed E-state index contributed by atoms with van der Waals surface area (Å²) in [5.74, 6) is 0.847. The molecule has 0 aliphatic carbocycles. The second kappa shape index (κ2) is 6.30. The number of nitrogens with zero attached hydrogens (tertiary/aromatic N) is 1. The standard InChI is InChI=1S/C12H20N2O/c1-3-7-14(2)8-9-15-12-6-4-5-11(13)10-12/h4-6,10H,3,7-9,13H2,1-2H3. The van der Waals surface area contributed by atoms with Crippen molar-refractivity contribution in [1.29, 1.82) is 0 Å². The minimum Gasteiger partial charge on any atom is -0.492 e. The van der Waals surface area contributed by atoms with Crippen molar-refractivity contribution in [3.8, 4) is 5.75 Å². The van der Waals surface area contributed by atoms with Crippen LogP contribution in [0.4, 0.5) is 5.69 Å². The Bertz CT molecular complexity index is 289. The smallest absolute Gasteiger partial charge is 0.121 e. The van der Waals surface area contributed by atoms with E-state index < -0.39 is 0 Å². The number of benzene rings is 1. The van der Waals surface area contributed by atoms with Gasteiger partial charge < -0.3 is 15.4 Å². The van der Waals surface area contributed by atoms with Crippen molar-refractivity contribution in [2.45, 2.75) is 13.3 Å². The van der Waals surface area contributed by atoms with Crippen LogP contribution in [0.3, 0.4) is 0 Å². The summed E-state index contributed by atoms with van der Waals surface area (Å²) in [4.78, 5) is 2.26. The molecule has 3 nitrogen and oxygen atoms in total. The summed E-state index contributed by atoms with van der Waals surface area (Å²) in [6, 6.07) is 7.53. The Hall–Kier alpha value is -1.22. The van der Waals surface area contributed by atoms with Crippen LogP contribution in [0, 0.1) is 0 Å². The highest BCUT2D eigenvalue weighted by molar-refractivity contribution is 5.43. The van der Waals surface area contributed by atoms with Crippen molar-refractivity contribution in [2.75, 3.05) is 32.5 Å². The average Bonchev–Trinajstić information content (AvgIpc) is 2.18. The molecule has 0 bridgehead atoms. The summed E-state index contributed by atoms with van der Waals surface area (Å²) in [5, 5.41) is 0. The van der Waals surface area contributed by atoms with Gasteiger partial charge in [-0.3, -0.25) is 0 Å². The molecule has 0 atom stereocenters. The highest BCUT2D eigenvalue weighted by atomic mass is 16.5. The van der Waals surface area contributed by atoms with Gasteiger partial charge in [-0.25, -0.2) is 0 Å². The topological polar surface area (TPSA) is 38.5 Å². The quantitative estimate of drug-likeness (QED) is 0.727. The molecule has 2 N–H and O–H groups in total. The van der Waals surface area contributed by atoms with Gasteiger partial charge in [0.2, 0.25) is 0 Å². The molecule has 1 rings (SSSR count). The molecule has 0 spiro atoms. The van der Waals surface area contributed by atoms with Gasteiger partial charge in [0.1, 0.15) is 12.4 Å². The molecule has 0 amide bonds. The third kappa shape index (κ3) is 4.70. The monoisotopic (exact) mass is 208 g/mol. The summed E-state index contributed by atoms with van der Waals surface area (Å²) in [7, 11) is 2.10. The molecule has 0 aliphatic rings. The predicted octanol–water partition coefficient (Wildman–Crippen LogP) is 1.99. The zero-order chi connectivity index (χ0) is 11.1. The second-order valence-corrected chi connectivity index (χ2v) is 3.72. The number of nitrogens with two attached hydrogens (primary N) is 1. The van der Waals surface area contributed by atoms with E-state index in [0.29, 0.717) is 6.61 Å². The third-order valence-corrected chi connectivity index (χ3v) is 2.21. The van der Waals surface area contributed by atoms with Crippen molar-refractivity contribution >= 4 is 5.69 Å². The number of ether oxygens (including phenoxy) is 1. The van der Waals surface area contributed by atoms with Crippen LogP contribution in [-0.4, -0.2) is 31.6 Å². The molecule has 1 aromatic rings. The molecular formula is C12H20N2O. The summed E-state index contributed by atoms with van der Waals surface area (Å²) >= 11 is 0. The predicted molar refractivity (Wildman–Crippen MR) is 64.1 cm³/mol. The van der Waals surface area contributed by atoms with Gasteiger partial charge in [-0.05, 0) is 32.1 Å². The SMILES string of the molecule is CCCN(C)CCOc1cccc(N)c1. The highest BCUT2D eigenvalue weighted by Gasteiger charge is 1.97. The van der Waals surface area contributed by atoms with Crippen LogP contribution in [0.15, 0.2) is 24.3 Å². The minimum absolute atomic E-state index is 0.708. The van der Waals surface area contributed by atoms with E-state index in [9.17, 15) is 0 Å². The van der Waals surface area contributed by atoms with Crippen molar-refractivity contribution in [1.82, 2.24) is 4.90 Å². The van der Waals surface area contributed by atoms with Crippen LogP contribution < -0.4 is 10.5 Å². The van der Waals surface area contributed by atoms with E-state index in [-0.39, 0.29) is 0 Å². The van der Waals surface area contributed by atoms with Gasteiger partial charge in [0, 0.05) is 18.3 Å². The zero-order valence-corrected chi connectivity index (χ0v) is 9.57. The minimum atomic E-state index is 0.708. The lowest BCUT2D eigenvalue weighted by Crippen LogP contribution is -2.24. The molecule has 15 heavy (non-hydrogen) atoms. The Labute approximate surface area is 91.8 Å². The Morgan fingerprint density at radius 2 is 2.13 bits per heavy atom. The molecule has 0 aromatic heterocycles. The first-order valence-corrected chi connectivity index (χ1v) is 5.39. The fourth-order valence-corrected chi connectivity index (χ4v) is 1.42. The van der Waals surface area contributed by atoms with Crippen molar-refractivity contribution < 1.29 is 4.74 Å². The Kier molecular flexibility index (Phi) is 4.98. The van der Waals surface area contributed by atoms with E-state index in [0.717, 1.165) is 24.5 Å². The van der Waals surface area contributed by atoms with E-state index >= 15 is 0 Å². The maximum atomic E-state index is 5.65. The van der Waals surface area contributed by atoms with Gasteiger partial charge >= 0.3 is 0 Å². The number of hydrogen-bond donors (Lipinski definition) is 1. The van der Waals surface area contributed by atoms with E-state index in [2.05, 4.69) is 18.9 Å². The normalized spacial score (nSPS) is 10.6. The van der Waals surface area contributed by atoms with Gasteiger partial charge in [0.05, 0.1) is 0 Å². The molecule has 3 heteroatoms. The van der Waals surface area contributed by atoms with E-state index in [1.54, 1.807) is 0 Å². The number of likely N-dealkylation sites (N-methyl/N-ethyl adjacent to an activating group) is 1. The highest BCUT2D eigenvalue weighted by Crippen LogP contribution is 2.13. The molecule has 84 valence electrons. The maximum Gasteiger partial charge on any atom is 0.121 e. The van der Waals surface area contributed by atoms with Crippen LogP contribution in [-0.2, 0) is 0 Å². The first-order chi connectivity index (χ1) is 7.22. The summed E-state index contributed by atoms with van der Waals surface area (Å²) < 4.78 is 5.58. The molecule has 0 saturated heterocycles. The second-order valence-electron chi connectivity index (χ2n) is 3.72.